The number of rotatable bonds is 0. The quantitative estimate of drug-likeness (QED) is 0.672. The minimum atomic E-state index is 0. The fourth-order valence-corrected chi connectivity index (χ4v) is 1.33. The van der Waals surface area contributed by atoms with Gasteiger partial charge in [-0.05, 0) is 0 Å². The summed E-state index contributed by atoms with van der Waals surface area (Å²) in [5.74, 6) is 0. The Kier molecular flexibility index (Phi) is 2.21. The molecule has 58 valence electrons. The highest BCUT2D eigenvalue weighted by Gasteiger charge is 1.99. The van der Waals surface area contributed by atoms with E-state index in [1.807, 2.05) is 0 Å². The van der Waals surface area contributed by atoms with Crippen molar-refractivity contribution in [1.29, 1.82) is 0 Å². The molecule has 0 aliphatic heterocycles. The molecule has 0 amide bonds. The summed E-state index contributed by atoms with van der Waals surface area (Å²) in [5.41, 5.74) is 6.05. The van der Waals surface area contributed by atoms with Crippen molar-refractivity contribution in [2.45, 2.75) is 0 Å². The first-order valence-electron chi connectivity index (χ1n) is 2.69. The predicted octanol–water partition coefficient (Wildman–Crippen LogP) is 1.09. The van der Waals surface area contributed by atoms with Crippen molar-refractivity contribution in [3.8, 4) is 0 Å². The van der Waals surface area contributed by atoms with Crippen LogP contribution in [0.25, 0.3) is 10.5 Å². The second-order valence-corrected chi connectivity index (χ2v) is 2.75. The molecule has 0 spiro atoms. The maximum atomic E-state index is 5.42. The van der Waals surface area contributed by atoms with E-state index in [2.05, 4.69) is 15.0 Å². The molecule has 2 heterocycles. The summed E-state index contributed by atoms with van der Waals surface area (Å²) in [6.07, 6.45) is 3.22. The highest BCUT2D eigenvalue weighted by atomic mass is 35.5. The Morgan fingerprint density at radius 2 is 2.00 bits per heavy atom. The predicted molar refractivity (Wildman–Crippen MR) is 46.9 cm³/mol. The van der Waals surface area contributed by atoms with Gasteiger partial charge in [0.15, 0.2) is 15.6 Å². The van der Waals surface area contributed by atoms with Gasteiger partial charge < -0.3 is 5.73 Å². The maximum Gasteiger partial charge on any atom is 0.191 e. The van der Waals surface area contributed by atoms with Crippen LogP contribution >= 0.6 is 23.7 Å². The third kappa shape index (κ3) is 1.38. The summed E-state index contributed by atoms with van der Waals surface area (Å²) < 4.78 is 0. The monoisotopic (exact) mass is 188 g/mol. The van der Waals surface area contributed by atoms with E-state index in [-0.39, 0.29) is 12.4 Å². The first-order valence-corrected chi connectivity index (χ1v) is 3.51. The molecule has 2 aromatic rings. The molecule has 2 N–H and O–H groups in total. The largest absolute Gasteiger partial charge is 0.375 e. The second kappa shape index (κ2) is 2.98. The fourth-order valence-electron chi connectivity index (χ4n) is 0.693. The lowest BCUT2D eigenvalue weighted by molar-refractivity contribution is 1.27. The number of nitrogens with zero attached hydrogens (tertiary/aromatic N) is 3. The van der Waals surface area contributed by atoms with Gasteiger partial charge in [-0.25, -0.2) is 9.97 Å². The Bertz CT molecular complexity index is 327. The molecule has 0 unspecified atom stereocenters. The zero-order valence-corrected chi connectivity index (χ0v) is 7.02. The molecule has 0 aliphatic carbocycles. The van der Waals surface area contributed by atoms with Gasteiger partial charge in [0.05, 0.1) is 0 Å². The van der Waals surface area contributed by atoms with Gasteiger partial charge in [-0.1, -0.05) is 11.3 Å². The number of hydrogen-bond acceptors (Lipinski definition) is 5. The lowest BCUT2D eigenvalue weighted by Gasteiger charge is -1.79. The van der Waals surface area contributed by atoms with Crippen molar-refractivity contribution in [1.82, 2.24) is 15.0 Å². The molecule has 0 aromatic carbocycles. The number of aromatic nitrogens is 3. The minimum Gasteiger partial charge on any atom is -0.375 e. The van der Waals surface area contributed by atoms with E-state index in [0.29, 0.717) is 10.8 Å². The van der Waals surface area contributed by atoms with Gasteiger partial charge in [-0.15, -0.1) is 12.4 Å². The van der Waals surface area contributed by atoms with Crippen LogP contribution in [0.15, 0.2) is 12.4 Å². The van der Waals surface area contributed by atoms with Gasteiger partial charge in [0.2, 0.25) is 0 Å². The molecular weight excluding hydrogens is 184 g/mol. The highest BCUT2D eigenvalue weighted by molar-refractivity contribution is 7.21. The van der Waals surface area contributed by atoms with Crippen LogP contribution < -0.4 is 5.73 Å². The van der Waals surface area contributed by atoms with Crippen LogP contribution in [0.4, 0.5) is 5.13 Å². The van der Waals surface area contributed by atoms with Crippen LogP contribution in [0.5, 0.6) is 0 Å². The first-order chi connectivity index (χ1) is 4.86. The number of halogens is 1. The van der Waals surface area contributed by atoms with Crippen LogP contribution in [0.1, 0.15) is 0 Å². The van der Waals surface area contributed by atoms with Gasteiger partial charge in [-0.3, -0.25) is 0 Å². The molecule has 4 nitrogen and oxygen atoms in total. The molecule has 0 aliphatic rings. The Hall–Kier alpha value is -0.940. The normalized spacial score (nSPS) is 9.45. The number of hydrogen-bond donors (Lipinski definition) is 1. The molecule has 2 rings (SSSR count). The summed E-state index contributed by atoms with van der Waals surface area (Å²) >= 11 is 1.35. The van der Waals surface area contributed by atoms with Gasteiger partial charge >= 0.3 is 0 Å². The topological polar surface area (TPSA) is 64.7 Å². The van der Waals surface area contributed by atoms with E-state index in [4.69, 9.17) is 5.73 Å². The van der Waals surface area contributed by atoms with Crippen molar-refractivity contribution >= 4 is 39.4 Å². The zero-order valence-electron chi connectivity index (χ0n) is 5.39. The SMILES string of the molecule is Cl.Nc1nc2nccnc2s1. The van der Waals surface area contributed by atoms with Crippen LogP contribution in [-0.2, 0) is 0 Å². The van der Waals surface area contributed by atoms with Gasteiger partial charge in [0, 0.05) is 12.4 Å². The Morgan fingerprint density at radius 3 is 2.73 bits per heavy atom. The molecule has 6 heteroatoms. The van der Waals surface area contributed by atoms with Crippen molar-refractivity contribution in [3.05, 3.63) is 12.4 Å². The molecule has 2 aromatic heterocycles. The van der Waals surface area contributed by atoms with Crippen LogP contribution in [-0.4, -0.2) is 15.0 Å². The van der Waals surface area contributed by atoms with Crippen molar-refractivity contribution < 1.29 is 0 Å². The molecule has 0 radical (unpaired) electrons. The van der Waals surface area contributed by atoms with Crippen LogP contribution in [0.3, 0.4) is 0 Å². The van der Waals surface area contributed by atoms with Crippen molar-refractivity contribution in [3.63, 3.8) is 0 Å². The van der Waals surface area contributed by atoms with E-state index in [1.54, 1.807) is 12.4 Å². The molecule has 0 fully saturated rings. The van der Waals surface area contributed by atoms with E-state index in [1.165, 1.54) is 11.3 Å². The summed E-state index contributed by atoms with van der Waals surface area (Å²) in [7, 11) is 0. The number of nitrogen functional groups attached to an aromatic ring is 1. The average molecular weight is 189 g/mol. The summed E-state index contributed by atoms with van der Waals surface area (Å²) in [5, 5.41) is 0.515. The van der Waals surface area contributed by atoms with Gasteiger partial charge in [0.1, 0.15) is 0 Å². The minimum absolute atomic E-state index is 0. The van der Waals surface area contributed by atoms with Crippen LogP contribution in [0.2, 0.25) is 0 Å². The second-order valence-electron chi connectivity index (χ2n) is 1.74. The standard InChI is InChI=1S/C5H4N4S.ClH/c6-5-9-3-4(10-5)8-2-1-7-3;/h1-2H,(H2,6,7,9);1H. The lowest BCUT2D eigenvalue weighted by Crippen LogP contribution is -1.80. The van der Waals surface area contributed by atoms with E-state index in [9.17, 15) is 0 Å². The van der Waals surface area contributed by atoms with Gasteiger partial charge in [0.25, 0.3) is 0 Å². The van der Waals surface area contributed by atoms with Crippen LogP contribution in [0, 0.1) is 0 Å². The average Bonchev–Trinajstić information content (AvgIpc) is 2.27. The number of nitrogens with two attached hydrogens (primary N) is 1. The Balaban J connectivity index is 0.000000605. The van der Waals surface area contributed by atoms with Crippen molar-refractivity contribution in [2.75, 3.05) is 5.73 Å². The molecule has 0 atom stereocenters. The van der Waals surface area contributed by atoms with E-state index >= 15 is 0 Å². The highest BCUT2D eigenvalue weighted by Crippen LogP contribution is 2.17. The summed E-state index contributed by atoms with van der Waals surface area (Å²) in [6.45, 7) is 0. The third-order valence-electron chi connectivity index (χ3n) is 1.06. The Morgan fingerprint density at radius 1 is 1.27 bits per heavy atom. The number of thiazole rings is 1. The summed E-state index contributed by atoms with van der Waals surface area (Å²) in [6, 6.07) is 0. The maximum absolute atomic E-state index is 5.42. The van der Waals surface area contributed by atoms with E-state index in [0.717, 1.165) is 4.83 Å². The van der Waals surface area contributed by atoms with E-state index < -0.39 is 0 Å². The molecule has 0 saturated carbocycles. The fraction of sp³-hybridized carbons (Fsp3) is 0. The first kappa shape index (κ1) is 8.16. The number of fused-ring (bicyclic) bond motifs is 1. The van der Waals surface area contributed by atoms with Crippen molar-refractivity contribution in [2.24, 2.45) is 0 Å². The van der Waals surface area contributed by atoms with Gasteiger partial charge in [-0.2, -0.15) is 4.98 Å². The zero-order chi connectivity index (χ0) is 6.97. The lowest BCUT2D eigenvalue weighted by atomic mass is 10.7. The third-order valence-corrected chi connectivity index (χ3v) is 1.85. The Labute approximate surface area is 72.9 Å². The smallest absolute Gasteiger partial charge is 0.191 e. The molecule has 11 heavy (non-hydrogen) atoms. The molecule has 0 saturated heterocycles. The summed E-state index contributed by atoms with van der Waals surface area (Å²) in [4.78, 5) is 12.7. The molecular formula is C5H5ClN4S. The molecule has 0 bridgehead atoms. The number of anilines is 1.